The van der Waals surface area contributed by atoms with Crippen LogP contribution in [0.3, 0.4) is 0 Å². The van der Waals surface area contributed by atoms with Gasteiger partial charge in [-0.1, -0.05) is 37.1 Å². The number of amides is 1. The van der Waals surface area contributed by atoms with Crippen LogP contribution in [-0.2, 0) is 17.6 Å². The Morgan fingerprint density at radius 1 is 1.21 bits per heavy atom. The van der Waals surface area contributed by atoms with Crippen molar-refractivity contribution in [2.45, 2.75) is 44.1 Å². The highest BCUT2D eigenvalue weighted by atomic mass is 16.2. The molecule has 1 fully saturated rings. The Hall–Kier alpha value is -1.35. The molecule has 3 heteroatoms. The zero-order chi connectivity index (χ0) is 13.3. The summed E-state index contributed by atoms with van der Waals surface area (Å²) in [4.78, 5) is 12.5. The molecular weight excluding hydrogens is 236 g/mol. The first-order valence-electron chi connectivity index (χ1n) is 7.31. The Morgan fingerprint density at radius 3 is 2.32 bits per heavy atom. The summed E-state index contributed by atoms with van der Waals surface area (Å²) in [5.74, 6) is 0.296. The number of hydrogen-bond acceptors (Lipinski definition) is 2. The summed E-state index contributed by atoms with van der Waals surface area (Å²) in [6.07, 6.45) is 6.19. The first-order valence-corrected chi connectivity index (χ1v) is 7.31. The molecule has 0 spiro atoms. The number of benzene rings is 1. The molecule has 0 aliphatic heterocycles. The maximum atomic E-state index is 12.5. The third kappa shape index (κ3) is 2.39. The van der Waals surface area contributed by atoms with Crippen molar-refractivity contribution >= 4 is 5.91 Å². The molecule has 102 valence electrons. The van der Waals surface area contributed by atoms with E-state index in [1.165, 1.54) is 24.0 Å². The lowest BCUT2D eigenvalue weighted by molar-refractivity contribution is -0.126. The third-order valence-electron chi connectivity index (χ3n) is 4.76. The lowest BCUT2D eigenvalue weighted by Crippen LogP contribution is -2.53. The molecule has 0 saturated heterocycles. The van der Waals surface area contributed by atoms with Crippen molar-refractivity contribution < 1.29 is 4.79 Å². The molecule has 1 saturated carbocycles. The van der Waals surface area contributed by atoms with Crippen molar-refractivity contribution in [2.75, 3.05) is 6.54 Å². The summed E-state index contributed by atoms with van der Waals surface area (Å²) in [5.41, 5.74) is 8.43. The Labute approximate surface area is 114 Å². The van der Waals surface area contributed by atoms with Crippen molar-refractivity contribution in [2.24, 2.45) is 11.7 Å². The number of rotatable bonds is 3. The largest absolute Gasteiger partial charge is 0.349 e. The second-order valence-electron chi connectivity index (χ2n) is 6.05. The Bertz CT molecular complexity index is 452. The van der Waals surface area contributed by atoms with Crippen molar-refractivity contribution in [1.29, 1.82) is 0 Å². The quantitative estimate of drug-likeness (QED) is 0.868. The average molecular weight is 258 g/mol. The van der Waals surface area contributed by atoms with Gasteiger partial charge in [-0.25, -0.2) is 0 Å². The summed E-state index contributed by atoms with van der Waals surface area (Å²) in [6.45, 7) is 0.568. The fourth-order valence-corrected chi connectivity index (χ4v) is 3.54. The van der Waals surface area contributed by atoms with Gasteiger partial charge in [-0.05, 0) is 36.8 Å². The smallest absolute Gasteiger partial charge is 0.224 e. The van der Waals surface area contributed by atoms with Crippen LogP contribution in [0.5, 0.6) is 0 Å². The number of nitrogens with two attached hydrogens (primary N) is 1. The van der Waals surface area contributed by atoms with E-state index < -0.39 is 0 Å². The van der Waals surface area contributed by atoms with E-state index >= 15 is 0 Å². The maximum absolute atomic E-state index is 12.5. The summed E-state index contributed by atoms with van der Waals surface area (Å²) in [7, 11) is 0. The lowest BCUT2D eigenvalue weighted by Gasteiger charge is -2.30. The normalized spacial score (nSPS) is 21.3. The Kier molecular flexibility index (Phi) is 3.31. The molecule has 0 heterocycles. The van der Waals surface area contributed by atoms with Crippen LogP contribution in [0.15, 0.2) is 24.3 Å². The van der Waals surface area contributed by atoms with Gasteiger partial charge in [-0.3, -0.25) is 4.79 Å². The third-order valence-corrected chi connectivity index (χ3v) is 4.76. The van der Waals surface area contributed by atoms with E-state index in [4.69, 9.17) is 5.73 Å². The molecule has 3 rings (SSSR count). The lowest BCUT2D eigenvalue weighted by atomic mass is 9.95. The van der Waals surface area contributed by atoms with Crippen molar-refractivity contribution in [3.63, 3.8) is 0 Å². The standard InChI is InChI=1S/C16H22N2O/c17-11-16(7-3-4-8-16)18-15(19)14-9-12-5-1-2-6-13(12)10-14/h1-2,5-6,14H,3-4,7-11,17H2,(H,18,19). The molecule has 2 aliphatic carbocycles. The summed E-state index contributed by atoms with van der Waals surface area (Å²) >= 11 is 0. The molecule has 1 aromatic rings. The van der Waals surface area contributed by atoms with Gasteiger partial charge in [0, 0.05) is 12.5 Å². The minimum Gasteiger partial charge on any atom is -0.349 e. The zero-order valence-electron chi connectivity index (χ0n) is 11.3. The predicted octanol–water partition coefficient (Wildman–Crippen LogP) is 1.79. The molecule has 3 N–H and O–H groups in total. The molecule has 0 radical (unpaired) electrons. The van der Waals surface area contributed by atoms with E-state index in [1.807, 2.05) is 0 Å². The van der Waals surface area contributed by atoms with Gasteiger partial charge in [-0.15, -0.1) is 0 Å². The fraction of sp³-hybridized carbons (Fsp3) is 0.562. The summed E-state index contributed by atoms with van der Waals surface area (Å²) < 4.78 is 0. The van der Waals surface area contributed by atoms with Crippen molar-refractivity contribution in [3.05, 3.63) is 35.4 Å². The van der Waals surface area contributed by atoms with Gasteiger partial charge < -0.3 is 11.1 Å². The minimum atomic E-state index is -0.119. The van der Waals surface area contributed by atoms with E-state index in [9.17, 15) is 4.79 Å². The van der Waals surface area contributed by atoms with Crippen LogP contribution in [0.25, 0.3) is 0 Å². The van der Waals surface area contributed by atoms with Crippen LogP contribution in [0.1, 0.15) is 36.8 Å². The number of hydrogen-bond donors (Lipinski definition) is 2. The molecule has 2 aliphatic rings. The van der Waals surface area contributed by atoms with Gasteiger partial charge in [0.1, 0.15) is 0 Å². The first kappa shape index (κ1) is 12.7. The second-order valence-corrected chi connectivity index (χ2v) is 6.05. The molecule has 1 amide bonds. The van der Waals surface area contributed by atoms with Crippen LogP contribution in [0.2, 0.25) is 0 Å². The average Bonchev–Trinajstić information content (AvgIpc) is 3.05. The minimum absolute atomic E-state index is 0.0985. The molecule has 0 aromatic heterocycles. The molecular formula is C16H22N2O. The van der Waals surface area contributed by atoms with E-state index in [-0.39, 0.29) is 17.4 Å². The molecule has 3 nitrogen and oxygen atoms in total. The van der Waals surface area contributed by atoms with E-state index in [0.717, 1.165) is 25.7 Å². The zero-order valence-corrected chi connectivity index (χ0v) is 11.3. The van der Waals surface area contributed by atoms with Crippen molar-refractivity contribution in [1.82, 2.24) is 5.32 Å². The molecule has 19 heavy (non-hydrogen) atoms. The number of fused-ring (bicyclic) bond motifs is 1. The van der Waals surface area contributed by atoms with Gasteiger partial charge >= 0.3 is 0 Å². The molecule has 1 aromatic carbocycles. The SMILES string of the molecule is NCC1(NC(=O)C2Cc3ccccc3C2)CCCC1. The van der Waals surface area contributed by atoms with Gasteiger partial charge in [0.25, 0.3) is 0 Å². The number of carbonyl (C=O) groups is 1. The fourth-order valence-electron chi connectivity index (χ4n) is 3.54. The second kappa shape index (κ2) is 4.97. The summed E-state index contributed by atoms with van der Waals surface area (Å²) in [5, 5.41) is 3.25. The van der Waals surface area contributed by atoms with E-state index in [1.54, 1.807) is 0 Å². The topological polar surface area (TPSA) is 55.1 Å². The van der Waals surface area contributed by atoms with Crippen LogP contribution >= 0.6 is 0 Å². The van der Waals surface area contributed by atoms with Gasteiger partial charge in [-0.2, -0.15) is 0 Å². The highest BCUT2D eigenvalue weighted by molar-refractivity contribution is 5.81. The monoisotopic (exact) mass is 258 g/mol. The van der Waals surface area contributed by atoms with Crippen LogP contribution in [-0.4, -0.2) is 18.0 Å². The predicted molar refractivity (Wildman–Crippen MR) is 75.7 cm³/mol. The van der Waals surface area contributed by atoms with Crippen LogP contribution in [0, 0.1) is 5.92 Å². The number of carbonyl (C=O) groups excluding carboxylic acids is 1. The molecule has 0 bridgehead atoms. The highest BCUT2D eigenvalue weighted by Gasteiger charge is 2.36. The van der Waals surface area contributed by atoms with Crippen LogP contribution in [0.4, 0.5) is 0 Å². The number of nitrogens with one attached hydrogen (secondary N) is 1. The summed E-state index contributed by atoms with van der Waals surface area (Å²) in [6, 6.07) is 8.38. The molecule has 0 atom stereocenters. The van der Waals surface area contributed by atoms with Gasteiger partial charge in [0.2, 0.25) is 5.91 Å². The van der Waals surface area contributed by atoms with E-state index in [2.05, 4.69) is 29.6 Å². The van der Waals surface area contributed by atoms with E-state index in [0.29, 0.717) is 6.54 Å². The van der Waals surface area contributed by atoms with Crippen LogP contribution < -0.4 is 11.1 Å². The van der Waals surface area contributed by atoms with Crippen molar-refractivity contribution in [3.8, 4) is 0 Å². The Balaban J connectivity index is 1.67. The molecule has 0 unspecified atom stereocenters. The Morgan fingerprint density at radius 2 is 1.79 bits per heavy atom. The maximum Gasteiger partial charge on any atom is 0.224 e. The van der Waals surface area contributed by atoms with Gasteiger partial charge in [0.05, 0.1) is 5.54 Å². The first-order chi connectivity index (χ1) is 9.22. The highest BCUT2D eigenvalue weighted by Crippen LogP contribution is 2.31. The van der Waals surface area contributed by atoms with Gasteiger partial charge in [0.15, 0.2) is 0 Å².